The average molecular weight is 442 g/mol. The Hall–Kier alpha value is -2.86. The first-order chi connectivity index (χ1) is 14.7. The van der Waals surface area contributed by atoms with Gasteiger partial charge < -0.3 is 15.5 Å². The third kappa shape index (κ3) is 5.85. The van der Waals surface area contributed by atoms with Gasteiger partial charge in [-0.2, -0.15) is 0 Å². The minimum atomic E-state index is -0.340. The average Bonchev–Trinajstić information content (AvgIpc) is 2.75. The lowest BCUT2D eigenvalue weighted by molar-refractivity contribution is -0.121. The molecular formula is C24H28ClN3O3. The first-order valence-corrected chi connectivity index (χ1v) is 10.9. The second-order valence-corrected chi connectivity index (χ2v) is 8.68. The van der Waals surface area contributed by atoms with Crippen LogP contribution in [0.4, 0.5) is 5.69 Å². The number of carbonyl (C=O) groups is 3. The number of aryl methyl sites for hydroxylation is 1. The summed E-state index contributed by atoms with van der Waals surface area (Å²) in [6.07, 6.45) is 1.44. The monoisotopic (exact) mass is 441 g/mol. The van der Waals surface area contributed by atoms with Crippen molar-refractivity contribution in [2.75, 3.05) is 18.4 Å². The molecule has 0 spiro atoms. The molecule has 31 heavy (non-hydrogen) atoms. The lowest BCUT2D eigenvalue weighted by Gasteiger charge is -2.32. The van der Waals surface area contributed by atoms with E-state index in [0.29, 0.717) is 41.3 Å². The maximum Gasteiger partial charge on any atom is 0.253 e. The Morgan fingerprint density at radius 1 is 1.06 bits per heavy atom. The molecule has 2 aromatic carbocycles. The smallest absolute Gasteiger partial charge is 0.253 e. The standard InChI is InChI=1S/C24H28ClN3O3/c1-15(2)26-22(29)18-10-11-20(25)21(13-18)27-23(30)19-5-4-12-28(14-19)24(31)17-8-6-16(3)7-9-17/h6-11,13,15,19H,4-5,12,14H2,1-3H3,(H,26,29)(H,27,30). The van der Waals surface area contributed by atoms with Crippen LogP contribution in [0, 0.1) is 12.8 Å². The minimum absolute atomic E-state index is 0.000470. The number of nitrogens with zero attached hydrogens (tertiary/aromatic N) is 1. The Morgan fingerprint density at radius 3 is 2.42 bits per heavy atom. The van der Waals surface area contributed by atoms with Gasteiger partial charge in [-0.15, -0.1) is 0 Å². The molecule has 3 amide bonds. The maximum absolute atomic E-state index is 12.9. The lowest BCUT2D eigenvalue weighted by atomic mass is 9.96. The molecule has 7 heteroatoms. The van der Waals surface area contributed by atoms with Gasteiger partial charge in [-0.3, -0.25) is 14.4 Å². The van der Waals surface area contributed by atoms with Crippen molar-refractivity contribution in [1.29, 1.82) is 0 Å². The zero-order valence-corrected chi connectivity index (χ0v) is 18.8. The molecule has 1 fully saturated rings. The molecule has 0 radical (unpaired) electrons. The number of rotatable bonds is 5. The predicted octanol–water partition coefficient (Wildman–Crippen LogP) is 4.28. The SMILES string of the molecule is Cc1ccc(C(=O)N2CCCC(C(=O)Nc3cc(C(=O)NC(C)C)ccc3Cl)C2)cc1. The van der Waals surface area contributed by atoms with E-state index in [1.807, 2.05) is 45.0 Å². The second kappa shape index (κ2) is 9.96. The van der Waals surface area contributed by atoms with Crippen molar-refractivity contribution < 1.29 is 14.4 Å². The molecule has 0 aromatic heterocycles. The Balaban J connectivity index is 1.68. The molecule has 1 atom stereocenters. The van der Waals surface area contributed by atoms with Crippen molar-refractivity contribution in [3.63, 3.8) is 0 Å². The molecule has 0 bridgehead atoms. The summed E-state index contributed by atoms with van der Waals surface area (Å²) in [7, 11) is 0. The summed E-state index contributed by atoms with van der Waals surface area (Å²) in [4.78, 5) is 39.7. The van der Waals surface area contributed by atoms with Crippen LogP contribution in [0.5, 0.6) is 0 Å². The third-order valence-electron chi connectivity index (χ3n) is 5.28. The van der Waals surface area contributed by atoms with Crippen molar-refractivity contribution in [1.82, 2.24) is 10.2 Å². The highest BCUT2D eigenvalue weighted by atomic mass is 35.5. The van der Waals surface area contributed by atoms with E-state index in [1.165, 1.54) is 0 Å². The number of anilines is 1. The molecule has 1 unspecified atom stereocenters. The number of halogens is 1. The van der Waals surface area contributed by atoms with Gasteiger partial charge in [0.25, 0.3) is 11.8 Å². The summed E-state index contributed by atoms with van der Waals surface area (Å²) in [6, 6.07) is 12.2. The van der Waals surface area contributed by atoms with Gasteiger partial charge in [0.05, 0.1) is 16.6 Å². The topological polar surface area (TPSA) is 78.5 Å². The Bertz CT molecular complexity index is 973. The Kier molecular flexibility index (Phi) is 7.33. The number of piperidine rings is 1. The molecule has 1 aliphatic heterocycles. The maximum atomic E-state index is 12.9. The van der Waals surface area contributed by atoms with Gasteiger partial charge in [0, 0.05) is 30.3 Å². The van der Waals surface area contributed by atoms with Crippen molar-refractivity contribution in [2.24, 2.45) is 5.92 Å². The van der Waals surface area contributed by atoms with E-state index in [0.717, 1.165) is 12.0 Å². The quantitative estimate of drug-likeness (QED) is 0.726. The molecule has 6 nitrogen and oxygen atoms in total. The first kappa shape index (κ1) is 22.8. The van der Waals surface area contributed by atoms with Crippen molar-refractivity contribution in [3.05, 3.63) is 64.2 Å². The van der Waals surface area contributed by atoms with Crippen LogP contribution in [0.3, 0.4) is 0 Å². The van der Waals surface area contributed by atoms with E-state index < -0.39 is 0 Å². The van der Waals surface area contributed by atoms with Gasteiger partial charge in [0.2, 0.25) is 5.91 Å². The van der Waals surface area contributed by atoms with Gasteiger partial charge in [0.15, 0.2) is 0 Å². The third-order valence-corrected chi connectivity index (χ3v) is 5.61. The number of likely N-dealkylation sites (tertiary alicyclic amines) is 1. The Labute approximate surface area is 188 Å². The van der Waals surface area contributed by atoms with E-state index >= 15 is 0 Å². The van der Waals surface area contributed by atoms with Crippen LogP contribution < -0.4 is 10.6 Å². The van der Waals surface area contributed by atoms with Crippen molar-refractivity contribution >= 4 is 35.0 Å². The number of amides is 3. The van der Waals surface area contributed by atoms with Crippen molar-refractivity contribution in [3.8, 4) is 0 Å². The summed E-state index contributed by atoms with van der Waals surface area (Å²) in [5.74, 6) is -0.838. The Morgan fingerprint density at radius 2 is 1.74 bits per heavy atom. The van der Waals surface area contributed by atoms with Crippen LogP contribution in [-0.2, 0) is 4.79 Å². The van der Waals surface area contributed by atoms with Gasteiger partial charge >= 0.3 is 0 Å². The number of hydrogen-bond donors (Lipinski definition) is 2. The van der Waals surface area contributed by atoms with E-state index in [-0.39, 0.29) is 29.7 Å². The molecule has 1 saturated heterocycles. The summed E-state index contributed by atoms with van der Waals surface area (Å²) in [5.41, 5.74) is 2.53. The summed E-state index contributed by atoms with van der Waals surface area (Å²) < 4.78 is 0. The van der Waals surface area contributed by atoms with E-state index in [9.17, 15) is 14.4 Å². The number of hydrogen-bond acceptors (Lipinski definition) is 3. The van der Waals surface area contributed by atoms with Crippen molar-refractivity contribution in [2.45, 2.75) is 39.7 Å². The summed E-state index contributed by atoms with van der Waals surface area (Å²) in [6.45, 7) is 6.71. The second-order valence-electron chi connectivity index (χ2n) is 8.27. The fourth-order valence-corrected chi connectivity index (χ4v) is 3.76. The highest BCUT2D eigenvalue weighted by Crippen LogP contribution is 2.26. The van der Waals surface area contributed by atoms with Crippen LogP contribution in [0.15, 0.2) is 42.5 Å². The fourth-order valence-electron chi connectivity index (χ4n) is 3.60. The largest absolute Gasteiger partial charge is 0.350 e. The predicted molar refractivity (Wildman–Crippen MR) is 122 cm³/mol. The molecule has 164 valence electrons. The highest BCUT2D eigenvalue weighted by molar-refractivity contribution is 6.34. The van der Waals surface area contributed by atoms with Gasteiger partial charge in [-0.05, 0) is 63.9 Å². The summed E-state index contributed by atoms with van der Waals surface area (Å²) in [5, 5.41) is 6.03. The van der Waals surface area contributed by atoms with Crippen LogP contribution >= 0.6 is 11.6 Å². The van der Waals surface area contributed by atoms with Crippen LogP contribution in [0.25, 0.3) is 0 Å². The fraction of sp³-hybridized carbons (Fsp3) is 0.375. The van der Waals surface area contributed by atoms with E-state index in [4.69, 9.17) is 11.6 Å². The zero-order chi connectivity index (χ0) is 22.5. The van der Waals surface area contributed by atoms with Crippen LogP contribution in [0.2, 0.25) is 5.02 Å². The van der Waals surface area contributed by atoms with E-state index in [1.54, 1.807) is 23.1 Å². The lowest BCUT2D eigenvalue weighted by Crippen LogP contribution is -2.43. The molecule has 1 aliphatic rings. The van der Waals surface area contributed by atoms with E-state index in [2.05, 4.69) is 10.6 Å². The number of carbonyl (C=O) groups excluding carboxylic acids is 3. The van der Waals surface area contributed by atoms with Gasteiger partial charge in [-0.25, -0.2) is 0 Å². The molecule has 2 N–H and O–H groups in total. The van der Waals surface area contributed by atoms with Gasteiger partial charge in [-0.1, -0.05) is 29.3 Å². The number of benzene rings is 2. The molecule has 2 aromatic rings. The normalized spacial score (nSPS) is 16.2. The minimum Gasteiger partial charge on any atom is -0.350 e. The molecular weight excluding hydrogens is 414 g/mol. The molecule has 1 heterocycles. The summed E-state index contributed by atoms with van der Waals surface area (Å²) >= 11 is 6.25. The van der Waals surface area contributed by atoms with Crippen LogP contribution in [0.1, 0.15) is 53.0 Å². The molecule has 0 saturated carbocycles. The van der Waals surface area contributed by atoms with Gasteiger partial charge in [0.1, 0.15) is 0 Å². The number of nitrogens with one attached hydrogen (secondary N) is 2. The molecule has 0 aliphatic carbocycles. The highest BCUT2D eigenvalue weighted by Gasteiger charge is 2.29. The molecule has 3 rings (SSSR count). The first-order valence-electron chi connectivity index (χ1n) is 10.5. The van der Waals surface area contributed by atoms with Crippen LogP contribution in [-0.4, -0.2) is 41.8 Å². The zero-order valence-electron chi connectivity index (χ0n) is 18.1.